The SMILES string of the molecule is CCCCCCNC(=O)Oc1cccc2[nH]cc(CCN(C)C)c12. The van der Waals surface area contributed by atoms with Gasteiger partial charge in [0.15, 0.2) is 0 Å². The first-order chi connectivity index (χ1) is 11.6. The Balaban J connectivity index is 2.00. The van der Waals surface area contributed by atoms with E-state index in [1.807, 2.05) is 24.4 Å². The molecule has 1 heterocycles. The van der Waals surface area contributed by atoms with Gasteiger partial charge in [-0.05, 0) is 44.6 Å². The second-order valence-electron chi connectivity index (χ2n) is 6.42. The number of hydrogen-bond donors (Lipinski definition) is 2. The minimum atomic E-state index is -0.376. The Morgan fingerprint density at radius 2 is 2.08 bits per heavy atom. The minimum absolute atomic E-state index is 0.376. The Bertz CT molecular complexity index is 649. The van der Waals surface area contributed by atoms with Crippen LogP contribution < -0.4 is 10.1 Å². The molecule has 1 amide bonds. The van der Waals surface area contributed by atoms with Crippen molar-refractivity contribution in [2.75, 3.05) is 27.2 Å². The first-order valence-electron chi connectivity index (χ1n) is 8.81. The third-order valence-corrected chi connectivity index (χ3v) is 4.08. The van der Waals surface area contributed by atoms with E-state index in [0.29, 0.717) is 12.3 Å². The lowest BCUT2D eigenvalue weighted by molar-refractivity contribution is 0.201. The van der Waals surface area contributed by atoms with E-state index in [9.17, 15) is 4.79 Å². The van der Waals surface area contributed by atoms with E-state index >= 15 is 0 Å². The summed E-state index contributed by atoms with van der Waals surface area (Å²) in [7, 11) is 4.11. The second kappa shape index (κ2) is 9.33. The Morgan fingerprint density at radius 3 is 2.83 bits per heavy atom. The number of fused-ring (bicyclic) bond motifs is 1. The first kappa shape index (κ1) is 18.3. The molecule has 0 saturated carbocycles. The molecule has 0 aliphatic rings. The lowest BCUT2D eigenvalue weighted by Gasteiger charge is -2.11. The standard InChI is InChI=1S/C19H29N3O2/c1-4-5-6-7-12-20-19(23)24-17-10-8-9-16-18(17)15(14-21-16)11-13-22(2)3/h8-10,14,21H,4-7,11-13H2,1-3H3,(H,20,23). The van der Waals surface area contributed by atoms with E-state index in [1.165, 1.54) is 18.4 Å². The molecule has 132 valence electrons. The number of rotatable bonds is 9. The highest BCUT2D eigenvalue weighted by Crippen LogP contribution is 2.29. The van der Waals surface area contributed by atoms with Gasteiger partial charge in [-0.3, -0.25) is 0 Å². The van der Waals surface area contributed by atoms with E-state index in [0.717, 1.165) is 36.7 Å². The Hall–Kier alpha value is -2.01. The fourth-order valence-electron chi connectivity index (χ4n) is 2.72. The summed E-state index contributed by atoms with van der Waals surface area (Å²) in [6, 6.07) is 5.76. The summed E-state index contributed by atoms with van der Waals surface area (Å²) in [5, 5.41) is 3.84. The summed E-state index contributed by atoms with van der Waals surface area (Å²) in [6.07, 6.45) is 7.06. The number of nitrogens with zero attached hydrogens (tertiary/aromatic N) is 1. The van der Waals surface area contributed by atoms with Gasteiger partial charge in [-0.15, -0.1) is 0 Å². The Morgan fingerprint density at radius 1 is 1.25 bits per heavy atom. The molecule has 24 heavy (non-hydrogen) atoms. The number of nitrogens with one attached hydrogen (secondary N) is 2. The number of ether oxygens (including phenoxy) is 1. The van der Waals surface area contributed by atoms with Crippen LogP contribution in [0.2, 0.25) is 0 Å². The predicted octanol–water partition coefficient (Wildman–Crippen LogP) is 3.94. The molecule has 0 saturated heterocycles. The van der Waals surface area contributed by atoms with Crippen LogP contribution in [-0.2, 0) is 6.42 Å². The molecule has 2 rings (SSSR count). The van der Waals surface area contributed by atoms with Crippen LogP contribution in [0.15, 0.2) is 24.4 Å². The highest BCUT2D eigenvalue weighted by molar-refractivity contribution is 5.91. The van der Waals surface area contributed by atoms with Crippen LogP contribution in [0.5, 0.6) is 5.75 Å². The highest BCUT2D eigenvalue weighted by Gasteiger charge is 2.12. The lowest BCUT2D eigenvalue weighted by atomic mass is 10.1. The molecule has 2 N–H and O–H groups in total. The summed E-state index contributed by atoms with van der Waals surface area (Å²) in [5.41, 5.74) is 2.17. The third kappa shape index (κ3) is 5.27. The van der Waals surface area contributed by atoms with E-state index in [1.54, 1.807) is 0 Å². The number of carbonyl (C=O) groups is 1. The van der Waals surface area contributed by atoms with Crippen molar-refractivity contribution in [2.24, 2.45) is 0 Å². The van der Waals surface area contributed by atoms with Crippen LogP contribution in [0.1, 0.15) is 38.2 Å². The number of hydrogen-bond acceptors (Lipinski definition) is 3. The predicted molar refractivity (Wildman–Crippen MR) is 98.7 cm³/mol. The maximum atomic E-state index is 12.0. The molecule has 0 radical (unpaired) electrons. The van der Waals surface area contributed by atoms with Crippen LogP contribution in [0.25, 0.3) is 10.9 Å². The van der Waals surface area contributed by atoms with Crippen molar-refractivity contribution in [3.8, 4) is 5.75 Å². The number of benzene rings is 1. The van der Waals surface area contributed by atoms with Crippen molar-refractivity contribution in [2.45, 2.75) is 39.0 Å². The topological polar surface area (TPSA) is 57.4 Å². The average Bonchev–Trinajstić information content (AvgIpc) is 2.97. The number of aromatic nitrogens is 1. The van der Waals surface area contributed by atoms with Gasteiger partial charge >= 0.3 is 6.09 Å². The van der Waals surface area contributed by atoms with Crippen molar-refractivity contribution in [3.63, 3.8) is 0 Å². The summed E-state index contributed by atoms with van der Waals surface area (Å²) in [4.78, 5) is 17.4. The molecule has 0 atom stereocenters. The maximum absolute atomic E-state index is 12.0. The fraction of sp³-hybridized carbons (Fsp3) is 0.526. The van der Waals surface area contributed by atoms with Gasteiger partial charge in [0.05, 0.1) is 0 Å². The number of aromatic amines is 1. The molecular weight excluding hydrogens is 302 g/mol. The van der Waals surface area contributed by atoms with Crippen LogP contribution in [0, 0.1) is 0 Å². The summed E-state index contributed by atoms with van der Waals surface area (Å²) < 4.78 is 5.56. The normalized spacial score (nSPS) is 11.2. The maximum Gasteiger partial charge on any atom is 0.412 e. The number of carbonyl (C=O) groups excluding carboxylic acids is 1. The fourth-order valence-corrected chi connectivity index (χ4v) is 2.72. The highest BCUT2D eigenvalue weighted by atomic mass is 16.6. The molecule has 0 unspecified atom stereocenters. The zero-order valence-electron chi connectivity index (χ0n) is 15.0. The molecule has 0 bridgehead atoms. The molecular formula is C19H29N3O2. The largest absolute Gasteiger partial charge is 0.412 e. The van der Waals surface area contributed by atoms with E-state index in [2.05, 4.69) is 36.2 Å². The number of likely N-dealkylation sites (N-methyl/N-ethyl adjacent to an activating group) is 1. The number of amides is 1. The number of unbranched alkanes of at least 4 members (excludes halogenated alkanes) is 3. The van der Waals surface area contributed by atoms with Gasteiger partial charge in [-0.25, -0.2) is 4.79 Å². The van der Waals surface area contributed by atoms with Gasteiger partial charge in [0.25, 0.3) is 0 Å². The van der Waals surface area contributed by atoms with Crippen molar-refractivity contribution < 1.29 is 9.53 Å². The van der Waals surface area contributed by atoms with E-state index < -0.39 is 0 Å². The van der Waals surface area contributed by atoms with E-state index in [-0.39, 0.29) is 6.09 Å². The van der Waals surface area contributed by atoms with Crippen LogP contribution in [-0.4, -0.2) is 43.2 Å². The average molecular weight is 331 g/mol. The number of H-pyrrole nitrogens is 1. The summed E-state index contributed by atoms with van der Waals surface area (Å²) >= 11 is 0. The molecule has 5 heteroatoms. The van der Waals surface area contributed by atoms with Crippen molar-refractivity contribution in [3.05, 3.63) is 30.0 Å². The van der Waals surface area contributed by atoms with Crippen molar-refractivity contribution in [1.82, 2.24) is 15.2 Å². The van der Waals surface area contributed by atoms with Crippen molar-refractivity contribution in [1.29, 1.82) is 0 Å². The Kier molecular flexibility index (Phi) is 7.12. The Labute approximate surface area is 144 Å². The molecule has 1 aromatic carbocycles. The van der Waals surface area contributed by atoms with Gasteiger partial charge in [0.1, 0.15) is 5.75 Å². The molecule has 2 aromatic rings. The molecule has 0 aliphatic carbocycles. The molecule has 5 nitrogen and oxygen atoms in total. The first-order valence-corrected chi connectivity index (χ1v) is 8.81. The monoisotopic (exact) mass is 331 g/mol. The van der Waals surface area contributed by atoms with Gasteiger partial charge in [-0.1, -0.05) is 32.3 Å². The molecule has 0 fully saturated rings. The van der Waals surface area contributed by atoms with Crippen molar-refractivity contribution >= 4 is 17.0 Å². The zero-order chi connectivity index (χ0) is 17.4. The van der Waals surface area contributed by atoms with Gasteiger partial charge < -0.3 is 19.9 Å². The van der Waals surface area contributed by atoms with Crippen LogP contribution >= 0.6 is 0 Å². The van der Waals surface area contributed by atoms with Gasteiger partial charge in [-0.2, -0.15) is 0 Å². The van der Waals surface area contributed by atoms with Crippen LogP contribution in [0.4, 0.5) is 4.79 Å². The third-order valence-electron chi connectivity index (χ3n) is 4.08. The molecule has 1 aromatic heterocycles. The molecule has 0 aliphatic heterocycles. The second-order valence-corrected chi connectivity index (χ2v) is 6.42. The van der Waals surface area contributed by atoms with E-state index in [4.69, 9.17) is 4.74 Å². The smallest absolute Gasteiger partial charge is 0.410 e. The van der Waals surface area contributed by atoms with Crippen LogP contribution in [0.3, 0.4) is 0 Å². The molecule has 0 spiro atoms. The van der Waals surface area contributed by atoms with Gasteiger partial charge in [0.2, 0.25) is 0 Å². The zero-order valence-corrected chi connectivity index (χ0v) is 15.0. The quantitative estimate of drug-likeness (QED) is 0.684. The summed E-state index contributed by atoms with van der Waals surface area (Å²) in [6.45, 7) is 3.79. The minimum Gasteiger partial charge on any atom is -0.410 e. The summed E-state index contributed by atoms with van der Waals surface area (Å²) in [5.74, 6) is 0.619. The lowest BCUT2D eigenvalue weighted by Crippen LogP contribution is -2.27. The van der Waals surface area contributed by atoms with Gasteiger partial charge in [0, 0.05) is 30.2 Å².